The number of hydrogen-bond acceptors (Lipinski definition) is 7. The summed E-state index contributed by atoms with van der Waals surface area (Å²) >= 11 is 0. The third-order valence-electron chi connectivity index (χ3n) is 8.23. The molecular formula is C40H53N7O3. The highest BCUT2D eigenvalue weighted by Gasteiger charge is 2.18. The van der Waals surface area contributed by atoms with Crippen LogP contribution in [-0.2, 0) is 35.5 Å². The van der Waals surface area contributed by atoms with Crippen molar-refractivity contribution in [2.45, 2.75) is 72.9 Å². The number of methoxy groups -OCH3 is 1. The van der Waals surface area contributed by atoms with Crippen molar-refractivity contribution < 1.29 is 14.3 Å². The van der Waals surface area contributed by atoms with Crippen LogP contribution in [0.25, 0.3) is 44.5 Å². The third kappa shape index (κ3) is 10.4. The number of rotatable bonds is 12. The average molecular weight is 680 g/mol. The number of carbonyl (C=O) groups is 2. The predicted molar refractivity (Wildman–Crippen MR) is 203 cm³/mol. The molecule has 5 aromatic rings. The number of hydrogen-bond donors (Lipinski definition) is 4. The molecule has 10 heteroatoms. The molecule has 0 aliphatic heterocycles. The lowest BCUT2D eigenvalue weighted by atomic mass is 9.83. The van der Waals surface area contributed by atoms with Gasteiger partial charge in [0.25, 0.3) is 0 Å². The number of nitrogens with zero attached hydrogens (tertiary/aromatic N) is 3. The zero-order chi connectivity index (χ0) is 35.9. The molecule has 0 unspecified atom stereocenters. The van der Waals surface area contributed by atoms with Crippen molar-refractivity contribution in [1.29, 1.82) is 0 Å². The first-order chi connectivity index (χ1) is 24.3. The maximum Gasteiger partial charge on any atom is 0.407 e. The highest BCUT2D eigenvalue weighted by Crippen LogP contribution is 2.38. The van der Waals surface area contributed by atoms with Gasteiger partial charge in [0, 0.05) is 0 Å². The summed E-state index contributed by atoms with van der Waals surface area (Å²) < 4.78 is 4.14. The zero-order valence-electron chi connectivity index (χ0n) is 30.5. The molecule has 1 amide bonds. The molecule has 3 aromatic carbocycles. The Hall–Kier alpha value is -4.80. The predicted octanol–water partition coefficient (Wildman–Crippen LogP) is 7.68. The summed E-state index contributed by atoms with van der Waals surface area (Å²) in [5.74, 6) is 2.02. The Bertz CT molecular complexity index is 1830. The van der Waals surface area contributed by atoms with E-state index >= 15 is 0 Å². The number of H-pyrrole nitrogens is 2. The number of imidazole rings is 2. The lowest BCUT2D eigenvalue weighted by Crippen LogP contribution is -2.24. The van der Waals surface area contributed by atoms with Gasteiger partial charge < -0.3 is 30.1 Å². The minimum absolute atomic E-state index is 0.00662. The summed E-state index contributed by atoms with van der Waals surface area (Å²) in [5, 5.41) is 5.57. The highest BCUT2D eigenvalue weighted by molar-refractivity contribution is 5.84. The Kier molecular flexibility index (Phi) is 14.8. The monoisotopic (exact) mass is 679 g/mol. The van der Waals surface area contributed by atoms with Gasteiger partial charge in [0.2, 0.25) is 0 Å². The number of alkyl carbamates (subject to hydrolysis) is 1. The summed E-state index contributed by atoms with van der Waals surface area (Å²) in [6.45, 7) is 12.3. The fourth-order valence-corrected chi connectivity index (χ4v) is 5.96. The van der Waals surface area contributed by atoms with E-state index in [1.165, 1.54) is 52.5 Å². The molecule has 0 bridgehead atoms. The van der Waals surface area contributed by atoms with Gasteiger partial charge in [-0.2, -0.15) is 0 Å². The summed E-state index contributed by atoms with van der Waals surface area (Å²) in [6, 6.07) is 20.4. The van der Waals surface area contributed by atoms with E-state index in [9.17, 15) is 9.59 Å². The number of nitrogens with one attached hydrogen (secondary N) is 4. The molecule has 0 atom stereocenters. The summed E-state index contributed by atoms with van der Waals surface area (Å²) in [7, 11) is 3.38. The van der Waals surface area contributed by atoms with Crippen LogP contribution in [0.15, 0.2) is 60.8 Å². The quantitative estimate of drug-likeness (QED) is 0.0787. The molecule has 266 valence electrons. The Morgan fingerprint density at radius 1 is 0.900 bits per heavy atom. The van der Waals surface area contributed by atoms with Gasteiger partial charge in [-0.05, 0) is 103 Å². The van der Waals surface area contributed by atoms with E-state index in [0.29, 0.717) is 6.29 Å². The summed E-state index contributed by atoms with van der Waals surface area (Å²) in [4.78, 5) is 38.3. The van der Waals surface area contributed by atoms with Gasteiger partial charge in [-0.15, -0.1) is 0 Å². The van der Waals surface area contributed by atoms with Crippen molar-refractivity contribution in [2.24, 2.45) is 0 Å². The Labute approximate surface area is 296 Å². The summed E-state index contributed by atoms with van der Waals surface area (Å²) in [5.41, 5.74) is 12.4. The van der Waals surface area contributed by atoms with E-state index < -0.39 is 6.09 Å². The first kappa shape index (κ1) is 38.0. The molecule has 4 N–H and O–H groups in total. The normalized spacial score (nSPS) is 11.5. The molecule has 2 aromatic heterocycles. The van der Waals surface area contributed by atoms with Crippen molar-refractivity contribution in [3.63, 3.8) is 0 Å². The molecule has 0 spiro atoms. The number of aromatic nitrogens is 4. The van der Waals surface area contributed by atoms with Gasteiger partial charge in [0.1, 0.15) is 17.9 Å². The number of carbonyl (C=O) groups excluding carboxylic acids is 2. The smallest absolute Gasteiger partial charge is 0.407 e. The van der Waals surface area contributed by atoms with Crippen molar-refractivity contribution in [3.05, 3.63) is 83.6 Å². The first-order valence-corrected chi connectivity index (χ1v) is 17.8. The van der Waals surface area contributed by atoms with Crippen LogP contribution in [0.4, 0.5) is 4.79 Å². The first-order valence-electron chi connectivity index (χ1n) is 17.8. The number of aromatic amines is 2. The van der Waals surface area contributed by atoms with Crippen LogP contribution in [0.5, 0.6) is 0 Å². The highest BCUT2D eigenvalue weighted by atomic mass is 16.5. The van der Waals surface area contributed by atoms with Crippen LogP contribution >= 0.6 is 0 Å². The van der Waals surface area contributed by atoms with Crippen LogP contribution in [0.3, 0.4) is 0 Å². The topological polar surface area (TPSA) is 128 Å². The van der Waals surface area contributed by atoms with Crippen molar-refractivity contribution in [1.82, 2.24) is 35.5 Å². The maximum atomic E-state index is 10.1. The molecule has 2 heterocycles. The number of benzene rings is 3. The fraction of sp³-hybridized carbons (Fsp3) is 0.400. The van der Waals surface area contributed by atoms with Gasteiger partial charge >= 0.3 is 6.09 Å². The largest absolute Gasteiger partial charge is 0.453 e. The van der Waals surface area contributed by atoms with E-state index in [1.807, 2.05) is 6.20 Å². The molecule has 0 radical (unpaired) electrons. The Morgan fingerprint density at radius 2 is 1.56 bits per heavy atom. The molecule has 0 saturated carbocycles. The van der Waals surface area contributed by atoms with Crippen LogP contribution in [0.1, 0.15) is 69.7 Å². The van der Waals surface area contributed by atoms with E-state index in [0.717, 1.165) is 80.2 Å². The van der Waals surface area contributed by atoms with Gasteiger partial charge in [0.15, 0.2) is 0 Å². The van der Waals surface area contributed by atoms with Crippen LogP contribution in [-0.4, -0.2) is 71.0 Å². The minimum atomic E-state index is -0.586. The molecule has 6 rings (SSSR count). The molecule has 50 heavy (non-hydrogen) atoms. The Balaban J connectivity index is 0.000000446. The van der Waals surface area contributed by atoms with Crippen LogP contribution < -0.4 is 10.6 Å². The van der Waals surface area contributed by atoms with Crippen LogP contribution in [0.2, 0.25) is 0 Å². The Morgan fingerprint density at radius 3 is 2.22 bits per heavy atom. The van der Waals surface area contributed by atoms with Gasteiger partial charge in [-0.25, -0.2) is 14.8 Å². The second kappa shape index (κ2) is 19.4. The number of fused-ring (bicyclic) bond motifs is 4. The number of aryl methyl sites for hydroxylation is 2. The van der Waals surface area contributed by atoms with E-state index in [4.69, 9.17) is 4.98 Å². The molecule has 10 nitrogen and oxygen atoms in total. The van der Waals surface area contributed by atoms with E-state index in [2.05, 4.69) is 125 Å². The van der Waals surface area contributed by atoms with Gasteiger partial charge in [-0.3, -0.25) is 4.90 Å². The summed E-state index contributed by atoms with van der Waals surface area (Å²) in [6.07, 6.45) is 7.57. The SMILES string of the molecule is CCC.CCCNCc1ncc(-c2ccc3c(c2)CCc2cc(-c4ccc5nc(CN(C)CCC)[nH]c5c4)ccc2-3)[nH]1.COC(=O)NCC=O. The number of aldehydes is 1. The second-order valence-corrected chi connectivity index (χ2v) is 12.6. The van der Waals surface area contributed by atoms with Gasteiger partial charge in [-0.1, -0.05) is 70.5 Å². The van der Waals surface area contributed by atoms with E-state index in [-0.39, 0.29) is 6.54 Å². The van der Waals surface area contributed by atoms with E-state index in [1.54, 1.807) is 0 Å². The lowest BCUT2D eigenvalue weighted by molar-refractivity contribution is -0.107. The van der Waals surface area contributed by atoms with Crippen molar-refractivity contribution >= 4 is 23.4 Å². The fourth-order valence-electron chi connectivity index (χ4n) is 5.96. The molecule has 0 saturated heterocycles. The zero-order valence-corrected chi connectivity index (χ0v) is 30.5. The molecule has 1 aliphatic carbocycles. The van der Waals surface area contributed by atoms with Gasteiger partial charge in [0.05, 0.1) is 49.7 Å². The van der Waals surface area contributed by atoms with Crippen LogP contribution in [0, 0.1) is 0 Å². The maximum absolute atomic E-state index is 10.1. The molecular weight excluding hydrogens is 626 g/mol. The second-order valence-electron chi connectivity index (χ2n) is 12.6. The third-order valence-corrected chi connectivity index (χ3v) is 8.23. The standard InChI is InChI=1S/C33H38N6.C4H7NO3.C3H8/c1-4-14-34-20-32-35-19-31(38-32)26-9-12-28-25(17-26)7-6-24-16-22(8-11-27(24)28)23-10-13-29-30(18-23)37-33(36-29)21-39(3)15-5-2;1-8-4(7)5-2-3-6;1-3-2/h8-13,16-19,34H,4-7,14-15,20-21H2,1-3H3,(H,35,38)(H,36,37);3H,2H2,1H3,(H,5,7);3H2,1-2H3. The van der Waals surface area contributed by atoms with Crippen molar-refractivity contribution in [3.8, 4) is 33.5 Å². The number of amides is 1. The van der Waals surface area contributed by atoms with Crippen molar-refractivity contribution in [2.75, 3.05) is 33.8 Å². The number of ether oxygens (including phenoxy) is 1. The molecule has 0 fully saturated rings. The average Bonchev–Trinajstić information content (AvgIpc) is 3.77. The lowest BCUT2D eigenvalue weighted by Gasteiger charge is -2.21. The molecule has 1 aliphatic rings. The minimum Gasteiger partial charge on any atom is -0.453 e.